The third-order valence-electron chi connectivity index (χ3n) is 2.88. The summed E-state index contributed by atoms with van der Waals surface area (Å²) in [5.74, 6) is -0.247. The van der Waals surface area contributed by atoms with Crippen LogP contribution in [0.1, 0.15) is 5.01 Å². The smallest absolute Gasteiger partial charge is 0.248 e. The number of amides is 1. The molecule has 0 spiro atoms. The lowest BCUT2D eigenvalue weighted by atomic mass is 10.3. The molecule has 2 aromatic carbocycles. The first-order valence-electron chi connectivity index (χ1n) is 6.41. The van der Waals surface area contributed by atoms with Crippen LogP contribution in [-0.2, 0) is 4.79 Å². The van der Waals surface area contributed by atoms with Gasteiger partial charge in [-0.25, -0.2) is 4.98 Å². The predicted molar refractivity (Wildman–Crippen MR) is 96.4 cm³/mol. The maximum Gasteiger partial charge on any atom is 0.248 e. The fourth-order valence-electron chi connectivity index (χ4n) is 1.87. The SMILES string of the molecule is O=C(/C=C/c1nc2ccccc2s1)Nc1ccc(Br)cc1Cl. The minimum atomic E-state index is -0.247. The molecular formula is C16H10BrClN2OS. The third-order valence-corrected chi connectivity index (χ3v) is 4.68. The van der Waals surface area contributed by atoms with E-state index in [9.17, 15) is 4.79 Å². The van der Waals surface area contributed by atoms with E-state index < -0.39 is 0 Å². The molecule has 0 atom stereocenters. The molecule has 1 aromatic heterocycles. The van der Waals surface area contributed by atoms with Crippen LogP contribution in [-0.4, -0.2) is 10.9 Å². The van der Waals surface area contributed by atoms with E-state index in [0.29, 0.717) is 10.7 Å². The second-order valence-electron chi connectivity index (χ2n) is 4.47. The summed E-state index contributed by atoms with van der Waals surface area (Å²) >= 11 is 10.9. The molecule has 3 nitrogen and oxygen atoms in total. The monoisotopic (exact) mass is 392 g/mol. The fourth-order valence-corrected chi connectivity index (χ4v) is 3.46. The molecule has 0 saturated heterocycles. The molecule has 0 aliphatic carbocycles. The molecule has 0 fully saturated rings. The minimum Gasteiger partial charge on any atom is -0.321 e. The lowest BCUT2D eigenvalue weighted by molar-refractivity contribution is -0.111. The number of nitrogens with zero attached hydrogens (tertiary/aromatic N) is 1. The minimum absolute atomic E-state index is 0.247. The number of fused-ring (bicyclic) bond motifs is 1. The summed E-state index contributed by atoms with van der Waals surface area (Å²) in [6.45, 7) is 0. The molecular weight excluding hydrogens is 384 g/mol. The Morgan fingerprint density at radius 2 is 2.09 bits per heavy atom. The number of aromatic nitrogens is 1. The van der Waals surface area contributed by atoms with Gasteiger partial charge in [0, 0.05) is 10.5 Å². The van der Waals surface area contributed by atoms with Crippen molar-refractivity contribution in [2.75, 3.05) is 5.32 Å². The number of nitrogens with one attached hydrogen (secondary N) is 1. The van der Waals surface area contributed by atoms with E-state index in [2.05, 4.69) is 26.2 Å². The Kier molecular flexibility index (Phi) is 4.57. The molecule has 0 bridgehead atoms. The highest BCUT2D eigenvalue weighted by Gasteiger charge is 2.04. The highest BCUT2D eigenvalue weighted by atomic mass is 79.9. The van der Waals surface area contributed by atoms with Crippen molar-refractivity contribution in [1.29, 1.82) is 0 Å². The number of thiazole rings is 1. The van der Waals surface area contributed by atoms with E-state index in [-0.39, 0.29) is 5.91 Å². The van der Waals surface area contributed by atoms with Gasteiger partial charge >= 0.3 is 0 Å². The van der Waals surface area contributed by atoms with E-state index in [0.717, 1.165) is 19.7 Å². The first-order valence-corrected chi connectivity index (χ1v) is 8.40. The van der Waals surface area contributed by atoms with Crippen molar-refractivity contribution in [2.24, 2.45) is 0 Å². The third kappa shape index (κ3) is 3.55. The van der Waals surface area contributed by atoms with E-state index in [1.54, 1.807) is 29.5 Å². The van der Waals surface area contributed by atoms with Crippen molar-refractivity contribution in [3.05, 3.63) is 63.0 Å². The Morgan fingerprint density at radius 1 is 1.27 bits per heavy atom. The van der Waals surface area contributed by atoms with E-state index >= 15 is 0 Å². The Bertz CT molecular complexity index is 842. The summed E-state index contributed by atoms with van der Waals surface area (Å²) in [5.41, 5.74) is 1.51. The van der Waals surface area contributed by atoms with Gasteiger partial charge in [-0.2, -0.15) is 0 Å². The van der Waals surface area contributed by atoms with Gasteiger partial charge < -0.3 is 5.32 Å². The summed E-state index contributed by atoms with van der Waals surface area (Å²) < 4.78 is 1.96. The van der Waals surface area contributed by atoms with Crippen LogP contribution in [0.4, 0.5) is 5.69 Å². The number of para-hydroxylation sites is 1. The molecule has 1 amide bonds. The van der Waals surface area contributed by atoms with Gasteiger partial charge in [-0.3, -0.25) is 4.79 Å². The largest absolute Gasteiger partial charge is 0.321 e. The van der Waals surface area contributed by atoms with Gasteiger partial charge in [-0.1, -0.05) is 39.7 Å². The zero-order valence-electron chi connectivity index (χ0n) is 11.2. The zero-order chi connectivity index (χ0) is 15.5. The van der Waals surface area contributed by atoms with E-state index in [1.807, 2.05) is 30.3 Å². The van der Waals surface area contributed by atoms with Crippen LogP contribution in [0.2, 0.25) is 5.02 Å². The molecule has 6 heteroatoms. The van der Waals surface area contributed by atoms with Crippen molar-refractivity contribution >= 4 is 66.8 Å². The van der Waals surface area contributed by atoms with Crippen molar-refractivity contribution in [3.8, 4) is 0 Å². The fraction of sp³-hybridized carbons (Fsp3) is 0. The lowest BCUT2D eigenvalue weighted by Crippen LogP contribution is -2.08. The molecule has 0 saturated carbocycles. The van der Waals surface area contributed by atoms with Gasteiger partial charge in [0.25, 0.3) is 0 Å². The number of benzene rings is 2. The van der Waals surface area contributed by atoms with Crippen LogP contribution >= 0.6 is 38.9 Å². The number of hydrogen-bond donors (Lipinski definition) is 1. The normalized spacial score (nSPS) is 11.2. The van der Waals surface area contributed by atoms with Crippen molar-refractivity contribution < 1.29 is 4.79 Å². The van der Waals surface area contributed by atoms with Crippen molar-refractivity contribution in [3.63, 3.8) is 0 Å². The number of halogens is 2. The Hall–Kier alpha value is -1.69. The average Bonchev–Trinajstić information content (AvgIpc) is 2.91. The number of rotatable bonds is 3. The molecule has 1 heterocycles. The van der Waals surface area contributed by atoms with Crippen LogP contribution in [0.15, 0.2) is 53.0 Å². The van der Waals surface area contributed by atoms with Gasteiger partial charge in [0.1, 0.15) is 5.01 Å². The van der Waals surface area contributed by atoms with Gasteiger partial charge in [0.05, 0.1) is 20.9 Å². The zero-order valence-corrected chi connectivity index (χ0v) is 14.4. The number of carbonyl (C=O) groups excluding carboxylic acids is 1. The quantitative estimate of drug-likeness (QED) is 0.608. The molecule has 110 valence electrons. The first kappa shape index (κ1) is 15.2. The van der Waals surface area contributed by atoms with Crippen LogP contribution in [0.3, 0.4) is 0 Å². The molecule has 0 radical (unpaired) electrons. The standard InChI is InChI=1S/C16H10BrClN2OS/c17-10-5-6-12(11(18)9-10)19-15(21)7-8-16-20-13-3-1-2-4-14(13)22-16/h1-9H,(H,19,21)/b8-7+. The Balaban J connectivity index is 1.73. The van der Waals surface area contributed by atoms with Crippen LogP contribution in [0.5, 0.6) is 0 Å². The Labute approximate surface area is 144 Å². The summed E-state index contributed by atoms with van der Waals surface area (Å²) in [5, 5.41) is 4.01. The molecule has 3 rings (SSSR count). The van der Waals surface area contributed by atoms with E-state index in [1.165, 1.54) is 6.08 Å². The second kappa shape index (κ2) is 6.60. The Morgan fingerprint density at radius 3 is 2.86 bits per heavy atom. The van der Waals surface area contributed by atoms with Crippen molar-refractivity contribution in [1.82, 2.24) is 4.98 Å². The molecule has 0 aliphatic heterocycles. The van der Waals surface area contributed by atoms with Gasteiger partial charge in [0.15, 0.2) is 0 Å². The van der Waals surface area contributed by atoms with Gasteiger partial charge in [0.2, 0.25) is 5.91 Å². The second-order valence-corrected chi connectivity index (χ2v) is 6.85. The van der Waals surface area contributed by atoms with Gasteiger partial charge in [-0.05, 0) is 36.4 Å². The summed E-state index contributed by atoms with van der Waals surface area (Å²) in [4.78, 5) is 16.4. The number of carbonyl (C=O) groups is 1. The highest BCUT2D eigenvalue weighted by Crippen LogP contribution is 2.26. The van der Waals surface area contributed by atoms with Crippen LogP contribution in [0, 0.1) is 0 Å². The number of hydrogen-bond acceptors (Lipinski definition) is 3. The van der Waals surface area contributed by atoms with Crippen LogP contribution < -0.4 is 5.32 Å². The average molecular weight is 394 g/mol. The molecule has 1 N–H and O–H groups in total. The van der Waals surface area contributed by atoms with Crippen molar-refractivity contribution in [2.45, 2.75) is 0 Å². The summed E-state index contributed by atoms with van der Waals surface area (Å²) in [6.07, 6.45) is 3.16. The number of anilines is 1. The maximum atomic E-state index is 11.9. The van der Waals surface area contributed by atoms with E-state index in [4.69, 9.17) is 11.6 Å². The first-order chi connectivity index (χ1) is 10.6. The predicted octanol–water partition coefficient (Wildman–Crippen LogP) is 5.36. The molecule has 22 heavy (non-hydrogen) atoms. The topological polar surface area (TPSA) is 42.0 Å². The lowest BCUT2D eigenvalue weighted by Gasteiger charge is -2.04. The van der Waals surface area contributed by atoms with Gasteiger partial charge in [-0.15, -0.1) is 11.3 Å². The highest BCUT2D eigenvalue weighted by molar-refractivity contribution is 9.10. The van der Waals surface area contributed by atoms with Crippen LogP contribution in [0.25, 0.3) is 16.3 Å². The summed E-state index contributed by atoms with van der Waals surface area (Å²) in [7, 11) is 0. The molecule has 0 aliphatic rings. The summed E-state index contributed by atoms with van der Waals surface area (Å²) in [6, 6.07) is 13.2. The molecule has 0 unspecified atom stereocenters. The molecule has 3 aromatic rings. The maximum absolute atomic E-state index is 11.9.